The second-order valence-corrected chi connectivity index (χ2v) is 8.50. The normalized spacial score (nSPS) is 16.0. The molecule has 174 valence electrons. The van der Waals surface area contributed by atoms with E-state index in [1.165, 1.54) is 18.2 Å². The Labute approximate surface area is 193 Å². The predicted octanol–water partition coefficient (Wildman–Crippen LogP) is 5.34. The van der Waals surface area contributed by atoms with Gasteiger partial charge in [0.2, 0.25) is 5.91 Å². The van der Waals surface area contributed by atoms with E-state index in [2.05, 4.69) is 16.5 Å². The Kier molecular flexibility index (Phi) is 5.07. The van der Waals surface area contributed by atoms with E-state index in [4.69, 9.17) is 5.10 Å². The van der Waals surface area contributed by atoms with E-state index in [9.17, 15) is 18.0 Å². The molecule has 4 heterocycles. The first-order valence-corrected chi connectivity index (χ1v) is 10.8. The maximum atomic E-state index is 13.2. The number of alkyl halides is 3. The summed E-state index contributed by atoms with van der Waals surface area (Å²) in [5.41, 5.74) is 4.57. The highest BCUT2D eigenvalue weighted by Gasteiger charge is 2.33. The van der Waals surface area contributed by atoms with E-state index in [-0.39, 0.29) is 11.9 Å². The van der Waals surface area contributed by atoms with Crippen molar-refractivity contribution in [2.75, 3.05) is 0 Å². The molecule has 0 fully saturated rings. The van der Waals surface area contributed by atoms with Gasteiger partial charge in [-0.05, 0) is 49.2 Å². The average Bonchev–Trinajstić information content (AvgIpc) is 3.38. The van der Waals surface area contributed by atoms with Gasteiger partial charge in [-0.1, -0.05) is 18.7 Å². The molecule has 0 unspecified atom stereocenters. The van der Waals surface area contributed by atoms with Gasteiger partial charge in [-0.15, -0.1) is 0 Å². The van der Waals surface area contributed by atoms with Gasteiger partial charge in [-0.2, -0.15) is 18.3 Å². The van der Waals surface area contributed by atoms with E-state index < -0.39 is 11.7 Å². The summed E-state index contributed by atoms with van der Waals surface area (Å²) in [7, 11) is 0. The number of hydrogen-bond donors (Lipinski definition) is 1. The number of hydrogen-bond acceptors (Lipinski definition) is 3. The number of rotatable bonds is 3. The molecule has 1 aromatic carbocycles. The number of fused-ring (bicyclic) bond motifs is 2. The zero-order chi connectivity index (χ0) is 24.2. The van der Waals surface area contributed by atoms with Crippen molar-refractivity contribution in [2.45, 2.75) is 39.2 Å². The Morgan fingerprint density at radius 3 is 2.65 bits per heavy atom. The molecular weight excluding hydrogens is 443 g/mol. The van der Waals surface area contributed by atoms with Gasteiger partial charge in [0.25, 0.3) is 0 Å². The Morgan fingerprint density at radius 1 is 1.24 bits per heavy atom. The molecule has 1 N–H and O–H groups in total. The number of carbonyl (C=O) groups excluding carboxylic acids is 1. The molecular formula is C25H22F3N5O. The maximum absolute atomic E-state index is 13.2. The topological polar surface area (TPSA) is 66.8 Å². The lowest BCUT2D eigenvalue weighted by Gasteiger charge is -2.33. The second-order valence-electron chi connectivity index (χ2n) is 8.50. The van der Waals surface area contributed by atoms with Gasteiger partial charge in [0.15, 0.2) is 0 Å². The van der Waals surface area contributed by atoms with E-state index in [0.29, 0.717) is 30.0 Å². The molecule has 4 aromatic rings. The minimum Gasteiger partial charge on any atom is -0.346 e. The Hall–Kier alpha value is -3.88. The highest BCUT2D eigenvalue weighted by atomic mass is 19.4. The molecule has 34 heavy (non-hydrogen) atoms. The zero-order valence-corrected chi connectivity index (χ0v) is 18.6. The van der Waals surface area contributed by atoms with Crippen molar-refractivity contribution in [1.82, 2.24) is 24.6 Å². The van der Waals surface area contributed by atoms with Crippen LogP contribution in [0.1, 0.15) is 23.7 Å². The van der Waals surface area contributed by atoms with Crippen LogP contribution in [-0.2, 0) is 24.1 Å². The minimum absolute atomic E-state index is 0.113. The van der Waals surface area contributed by atoms with Crippen molar-refractivity contribution in [3.63, 3.8) is 0 Å². The first kappa shape index (κ1) is 21.9. The number of pyridine rings is 1. The van der Waals surface area contributed by atoms with Gasteiger partial charge in [0.05, 0.1) is 24.3 Å². The van der Waals surface area contributed by atoms with Crippen molar-refractivity contribution in [3.8, 4) is 22.4 Å². The van der Waals surface area contributed by atoms with Crippen LogP contribution in [0.4, 0.5) is 13.2 Å². The molecule has 1 atom stereocenters. The van der Waals surface area contributed by atoms with Crippen molar-refractivity contribution < 1.29 is 18.0 Å². The number of amides is 1. The molecule has 0 saturated heterocycles. The third-order valence-corrected chi connectivity index (χ3v) is 6.33. The van der Waals surface area contributed by atoms with Gasteiger partial charge in [0, 0.05) is 34.9 Å². The Morgan fingerprint density at radius 2 is 1.97 bits per heavy atom. The van der Waals surface area contributed by atoms with Gasteiger partial charge in [-0.25, -0.2) is 4.98 Å². The summed E-state index contributed by atoms with van der Waals surface area (Å²) >= 11 is 0. The van der Waals surface area contributed by atoms with E-state index in [0.717, 1.165) is 39.9 Å². The highest BCUT2D eigenvalue weighted by Crippen LogP contribution is 2.41. The van der Waals surface area contributed by atoms with Gasteiger partial charge in [0.1, 0.15) is 11.3 Å². The lowest BCUT2D eigenvalue weighted by molar-refractivity contribution is -0.137. The SMILES string of the molecule is C=CC(=O)N1Cc2c(-c3ccnc4[nH]cc(C)c34)c(-c3ccc(C(F)(F)F)cc3)nn2C[C@@H]1C. The molecule has 1 aliphatic heterocycles. The van der Waals surface area contributed by atoms with E-state index in [1.54, 1.807) is 11.1 Å². The van der Waals surface area contributed by atoms with Crippen molar-refractivity contribution in [3.05, 3.63) is 72.2 Å². The number of benzene rings is 1. The van der Waals surface area contributed by atoms with Crippen LogP contribution in [0.15, 0.2) is 55.4 Å². The fraction of sp³-hybridized carbons (Fsp3) is 0.240. The number of aromatic amines is 1. The standard InChI is InChI=1S/C25H22F3N5O/c1-4-20(34)32-13-19-22(18-9-10-29-24-21(18)14(2)11-30-24)23(31-33(19)12-15(32)3)16-5-7-17(8-6-16)25(26,27)28/h4-11,15H,1,12-13H2,2-3H3,(H,29,30)/t15-/m0/s1. The summed E-state index contributed by atoms with van der Waals surface area (Å²) in [5, 5.41) is 5.73. The quantitative estimate of drug-likeness (QED) is 0.416. The number of aromatic nitrogens is 4. The van der Waals surface area contributed by atoms with E-state index in [1.807, 2.05) is 30.8 Å². The molecule has 0 spiro atoms. The molecule has 0 saturated carbocycles. The van der Waals surface area contributed by atoms with Crippen LogP contribution in [0.3, 0.4) is 0 Å². The summed E-state index contributed by atoms with van der Waals surface area (Å²) in [5.74, 6) is -0.181. The minimum atomic E-state index is -4.42. The predicted molar refractivity (Wildman–Crippen MR) is 123 cm³/mol. The summed E-state index contributed by atoms with van der Waals surface area (Å²) in [6, 6.07) is 6.79. The number of carbonyl (C=O) groups is 1. The summed E-state index contributed by atoms with van der Waals surface area (Å²) in [6.07, 6.45) is 0.423. The first-order chi connectivity index (χ1) is 16.2. The van der Waals surface area contributed by atoms with Crippen LogP contribution >= 0.6 is 0 Å². The first-order valence-electron chi connectivity index (χ1n) is 10.8. The van der Waals surface area contributed by atoms with Gasteiger partial charge in [-0.3, -0.25) is 9.48 Å². The van der Waals surface area contributed by atoms with Crippen LogP contribution in [0.25, 0.3) is 33.4 Å². The lowest BCUT2D eigenvalue weighted by Crippen LogP contribution is -2.44. The molecule has 6 nitrogen and oxygen atoms in total. The largest absolute Gasteiger partial charge is 0.416 e. The van der Waals surface area contributed by atoms with Gasteiger partial charge >= 0.3 is 6.18 Å². The van der Waals surface area contributed by atoms with Crippen LogP contribution in [0, 0.1) is 6.92 Å². The number of H-pyrrole nitrogens is 1. The molecule has 9 heteroatoms. The van der Waals surface area contributed by atoms with Crippen LogP contribution in [-0.4, -0.2) is 36.6 Å². The number of halogens is 3. The number of nitrogens with zero attached hydrogens (tertiary/aromatic N) is 4. The average molecular weight is 465 g/mol. The summed E-state index contributed by atoms with van der Waals surface area (Å²) < 4.78 is 41.3. The molecule has 1 aliphatic rings. The molecule has 1 amide bonds. The van der Waals surface area contributed by atoms with Crippen molar-refractivity contribution in [1.29, 1.82) is 0 Å². The lowest BCUT2D eigenvalue weighted by atomic mass is 9.95. The molecule has 0 radical (unpaired) electrons. The summed E-state index contributed by atoms with van der Waals surface area (Å²) in [6.45, 7) is 8.28. The van der Waals surface area contributed by atoms with Gasteiger partial charge < -0.3 is 9.88 Å². The monoisotopic (exact) mass is 465 g/mol. The number of aryl methyl sites for hydroxylation is 1. The van der Waals surface area contributed by atoms with Crippen LogP contribution in [0.5, 0.6) is 0 Å². The van der Waals surface area contributed by atoms with E-state index >= 15 is 0 Å². The van der Waals surface area contributed by atoms with Crippen LogP contribution < -0.4 is 0 Å². The smallest absolute Gasteiger partial charge is 0.346 e. The molecule has 0 bridgehead atoms. The fourth-order valence-corrected chi connectivity index (χ4v) is 4.62. The maximum Gasteiger partial charge on any atom is 0.416 e. The molecule has 0 aliphatic carbocycles. The Bertz CT molecular complexity index is 1420. The number of nitrogens with one attached hydrogen (secondary N) is 1. The highest BCUT2D eigenvalue weighted by molar-refractivity contribution is 6.00. The van der Waals surface area contributed by atoms with Crippen molar-refractivity contribution in [2.24, 2.45) is 0 Å². The van der Waals surface area contributed by atoms with Crippen LogP contribution in [0.2, 0.25) is 0 Å². The third kappa shape index (κ3) is 3.48. The zero-order valence-electron chi connectivity index (χ0n) is 18.6. The molecule has 5 rings (SSSR count). The third-order valence-electron chi connectivity index (χ3n) is 6.33. The van der Waals surface area contributed by atoms with Crippen molar-refractivity contribution >= 4 is 16.9 Å². The molecule has 3 aromatic heterocycles. The summed E-state index contributed by atoms with van der Waals surface area (Å²) in [4.78, 5) is 21.8. The second kappa shape index (κ2) is 7.86. The fourth-order valence-electron chi connectivity index (χ4n) is 4.62. The Balaban J connectivity index is 1.76.